The molecule has 0 amide bonds. The van der Waals surface area contributed by atoms with E-state index >= 15 is 0 Å². The van der Waals surface area contributed by atoms with Crippen molar-refractivity contribution in [2.24, 2.45) is 17.1 Å². The van der Waals surface area contributed by atoms with Crippen molar-refractivity contribution in [1.82, 2.24) is 5.48 Å². The third-order valence-electron chi connectivity index (χ3n) is 3.13. The topological polar surface area (TPSA) is 64.3 Å². The van der Waals surface area contributed by atoms with Crippen molar-refractivity contribution in [3.05, 3.63) is 0 Å². The van der Waals surface area contributed by atoms with Crippen molar-refractivity contribution in [2.45, 2.75) is 52.5 Å². The number of hydrogen-bond donors (Lipinski definition) is 2. The van der Waals surface area contributed by atoms with Crippen molar-refractivity contribution in [3.8, 4) is 0 Å². The lowest BCUT2D eigenvalue weighted by molar-refractivity contribution is -0.164. The molecule has 1 saturated carbocycles. The molecule has 0 spiro atoms. The Balaban J connectivity index is 2.38. The van der Waals surface area contributed by atoms with E-state index in [9.17, 15) is 4.79 Å². The Morgan fingerprint density at radius 2 is 2.00 bits per heavy atom. The van der Waals surface area contributed by atoms with Crippen LogP contribution in [-0.2, 0) is 9.63 Å². The molecule has 0 aliphatic heterocycles. The number of nitrogens with two attached hydrogens (primary N) is 1. The van der Waals surface area contributed by atoms with Crippen LogP contribution in [0.5, 0.6) is 0 Å². The maximum atomic E-state index is 11.6. The molecule has 2 atom stereocenters. The summed E-state index contributed by atoms with van der Waals surface area (Å²) in [4.78, 5) is 16.7. The number of rotatable bonds is 3. The quantitative estimate of drug-likeness (QED) is 0.720. The van der Waals surface area contributed by atoms with Crippen LogP contribution in [0.3, 0.4) is 0 Å². The number of carbonyl (C=O) groups is 1. The summed E-state index contributed by atoms with van der Waals surface area (Å²) in [6.07, 6.45) is 4.58. The van der Waals surface area contributed by atoms with E-state index in [4.69, 9.17) is 10.6 Å². The molecule has 4 heteroatoms. The molecule has 1 aliphatic carbocycles. The predicted octanol–water partition coefficient (Wildman–Crippen LogP) is 1.60. The Kier molecular flexibility index (Phi) is 4.74. The summed E-state index contributed by atoms with van der Waals surface area (Å²) in [6.45, 7) is 6.19. The molecule has 1 fully saturated rings. The maximum Gasteiger partial charge on any atom is 0.329 e. The van der Waals surface area contributed by atoms with E-state index in [0.29, 0.717) is 12.5 Å². The molecule has 0 aromatic heterocycles. The molecule has 3 N–H and O–H groups in total. The average molecular weight is 228 g/mol. The first-order chi connectivity index (χ1) is 7.45. The molecule has 94 valence electrons. The van der Waals surface area contributed by atoms with Gasteiger partial charge in [0.15, 0.2) is 0 Å². The average Bonchev–Trinajstić information content (AvgIpc) is 2.24. The molecule has 0 saturated heterocycles. The Bertz CT molecular complexity index is 236. The summed E-state index contributed by atoms with van der Waals surface area (Å²) in [5, 5.41) is 0. The largest absolute Gasteiger partial charge is 0.370 e. The lowest BCUT2D eigenvalue weighted by atomic mass is 9.85. The highest BCUT2D eigenvalue weighted by Crippen LogP contribution is 2.24. The molecule has 0 aromatic carbocycles. The minimum absolute atomic E-state index is 0.214. The molecule has 2 unspecified atom stereocenters. The summed E-state index contributed by atoms with van der Waals surface area (Å²) < 4.78 is 0. The standard InChI is InChI=1S/C12H24N2O2/c1-12(2,3)11(15)16-14-10-7-5-4-6-9(10)8-13/h9-10,14H,4-8,13H2,1-3H3. The predicted molar refractivity (Wildman–Crippen MR) is 63.5 cm³/mol. The fourth-order valence-corrected chi connectivity index (χ4v) is 1.93. The molecule has 0 bridgehead atoms. The van der Waals surface area contributed by atoms with Crippen molar-refractivity contribution in [2.75, 3.05) is 6.54 Å². The van der Waals surface area contributed by atoms with Gasteiger partial charge in [0.05, 0.1) is 5.41 Å². The Hall–Kier alpha value is -0.610. The lowest BCUT2D eigenvalue weighted by Gasteiger charge is -2.31. The van der Waals surface area contributed by atoms with E-state index < -0.39 is 5.41 Å². The van der Waals surface area contributed by atoms with Crippen LogP contribution < -0.4 is 11.2 Å². The summed E-state index contributed by atoms with van der Waals surface area (Å²) in [5.41, 5.74) is 8.15. The second-order valence-electron chi connectivity index (χ2n) is 5.64. The van der Waals surface area contributed by atoms with Gasteiger partial charge in [0.25, 0.3) is 0 Å². The first kappa shape index (κ1) is 13.5. The van der Waals surface area contributed by atoms with Gasteiger partial charge < -0.3 is 10.6 Å². The van der Waals surface area contributed by atoms with Gasteiger partial charge in [0, 0.05) is 6.04 Å². The lowest BCUT2D eigenvalue weighted by Crippen LogP contribution is -2.44. The number of nitrogens with one attached hydrogen (secondary N) is 1. The number of hydrogen-bond acceptors (Lipinski definition) is 4. The van der Waals surface area contributed by atoms with E-state index in [0.717, 1.165) is 12.8 Å². The van der Waals surface area contributed by atoms with Crippen molar-refractivity contribution in [1.29, 1.82) is 0 Å². The smallest absolute Gasteiger partial charge is 0.329 e. The summed E-state index contributed by atoms with van der Waals surface area (Å²) in [6, 6.07) is 0.227. The van der Waals surface area contributed by atoms with E-state index in [-0.39, 0.29) is 12.0 Å². The van der Waals surface area contributed by atoms with Gasteiger partial charge in [-0.2, -0.15) is 0 Å². The minimum atomic E-state index is -0.458. The molecule has 1 rings (SSSR count). The van der Waals surface area contributed by atoms with E-state index in [2.05, 4.69) is 5.48 Å². The minimum Gasteiger partial charge on any atom is -0.370 e. The zero-order valence-corrected chi connectivity index (χ0v) is 10.6. The van der Waals surface area contributed by atoms with Gasteiger partial charge in [-0.05, 0) is 46.1 Å². The molecule has 0 radical (unpaired) electrons. The maximum absolute atomic E-state index is 11.6. The summed E-state index contributed by atoms with van der Waals surface area (Å²) in [7, 11) is 0. The molecular formula is C12H24N2O2. The van der Waals surface area contributed by atoms with Crippen LogP contribution in [0.15, 0.2) is 0 Å². The second-order valence-corrected chi connectivity index (χ2v) is 5.64. The molecule has 4 nitrogen and oxygen atoms in total. The van der Waals surface area contributed by atoms with Crippen molar-refractivity contribution < 1.29 is 9.63 Å². The van der Waals surface area contributed by atoms with E-state index in [1.165, 1.54) is 12.8 Å². The third-order valence-corrected chi connectivity index (χ3v) is 3.13. The molecular weight excluding hydrogens is 204 g/mol. The van der Waals surface area contributed by atoms with Gasteiger partial charge in [-0.3, -0.25) is 0 Å². The molecule has 16 heavy (non-hydrogen) atoms. The third kappa shape index (κ3) is 3.76. The van der Waals surface area contributed by atoms with Gasteiger partial charge in [0.1, 0.15) is 0 Å². The molecule has 0 heterocycles. The molecule has 0 aromatic rings. The first-order valence-corrected chi connectivity index (χ1v) is 6.12. The second kappa shape index (κ2) is 5.64. The highest BCUT2D eigenvalue weighted by Gasteiger charge is 2.28. The fourth-order valence-electron chi connectivity index (χ4n) is 1.93. The van der Waals surface area contributed by atoms with Crippen molar-refractivity contribution in [3.63, 3.8) is 0 Å². The zero-order chi connectivity index (χ0) is 12.2. The monoisotopic (exact) mass is 228 g/mol. The molecule has 1 aliphatic rings. The van der Waals surface area contributed by atoms with Crippen LogP contribution in [0.2, 0.25) is 0 Å². The Labute approximate surface area is 97.9 Å². The number of hydroxylamine groups is 1. The number of carbonyl (C=O) groups excluding carboxylic acids is 1. The van der Waals surface area contributed by atoms with Crippen LogP contribution in [0.1, 0.15) is 46.5 Å². The van der Waals surface area contributed by atoms with Gasteiger partial charge in [-0.1, -0.05) is 12.8 Å². The zero-order valence-electron chi connectivity index (χ0n) is 10.6. The van der Waals surface area contributed by atoms with E-state index in [1.54, 1.807) is 0 Å². The van der Waals surface area contributed by atoms with Gasteiger partial charge >= 0.3 is 5.97 Å². The van der Waals surface area contributed by atoms with Gasteiger partial charge in [-0.25, -0.2) is 4.79 Å². The van der Waals surface area contributed by atoms with Crippen LogP contribution in [0.4, 0.5) is 0 Å². The Morgan fingerprint density at radius 1 is 1.38 bits per heavy atom. The first-order valence-electron chi connectivity index (χ1n) is 6.12. The van der Waals surface area contributed by atoms with Crippen LogP contribution in [0, 0.1) is 11.3 Å². The summed E-state index contributed by atoms with van der Waals surface area (Å²) in [5.74, 6) is 0.218. The highest BCUT2D eigenvalue weighted by atomic mass is 16.7. The van der Waals surface area contributed by atoms with Crippen LogP contribution in [-0.4, -0.2) is 18.6 Å². The summed E-state index contributed by atoms with van der Waals surface area (Å²) >= 11 is 0. The Morgan fingerprint density at radius 3 is 2.56 bits per heavy atom. The van der Waals surface area contributed by atoms with Crippen molar-refractivity contribution >= 4 is 5.97 Å². The van der Waals surface area contributed by atoms with E-state index in [1.807, 2.05) is 20.8 Å². The fraction of sp³-hybridized carbons (Fsp3) is 0.917. The van der Waals surface area contributed by atoms with Crippen LogP contribution >= 0.6 is 0 Å². The SMILES string of the molecule is CC(C)(C)C(=O)ONC1CCCCC1CN. The highest BCUT2D eigenvalue weighted by molar-refractivity contribution is 5.75. The van der Waals surface area contributed by atoms with Gasteiger partial charge in [0.2, 0.25) is 0 Å². The van der Waals surface area contributed by atoms with Crippen LogP contribution in [0.25, 0.3) is 0 Å². The van der Waals surface area contributed by atoms with Gasteiger partial charge in [-0.15, -0.1) is 5.48 Å². The normalized spacial score (nSPS) is 26.5.